The number of amides is 1. The molecule has 134 valence electrons. The Kier molecular flexibility index (Phi) is 5.02. The van der Waals surface area contributed by atoms with Gasteiger partial charge in [-0.1, -0.05) is 30.0 Å². The van der Waals surface area contributed by atoms with Crippen molar-refractivity contribution in [1.29, 1.82) is 0 Å². The van der Waals surface area contributed by atoms with Crippen LogP contribution in [0, 0.1) is 6.92 Å². The Bertz CT molecular complexity index is 914. The van der Waals surface area contributed by atoms with Gasteiger partial charge in [0.05, 0.1) is 22.3 Å². The molecule has 1 amide bonds. The first-order chi connectivity index (χ1) is 11.8. The van der Waals surface area contributed by atoms with Crippen LogP contribution >= 0.6 is 11.8 Å². The molecular formula is C17H21N3O3S2. The van der Waals surface area contributed by atoms with E-state index in [0.717, 1.165) is 15.9 Å². The fourth-order valence-electron chi connectivity index (χ4n) is 3.01. The molecule has 2 heterocycles. The van der Waals surface area contributed by atoms with E-state index < -0.39 is 9.84 Å². The number of para-hydroxylation sites is 1. The second-order valence-corrected chi connectivity index (χ2v) is 9.92. The average Bonchev–Trinajstić information content (AvgIpc) is 2.93. The summed E-state index contributed by atoms with van der Waals surface area (Å²) in [6.45, 7) is 3.66. The van der Waals surface area contributed by atoms with Gasteiger partial charge >= 0.3 is 0 Å². The number of sulfone groups is 1. The lowest BCUT2D eigenvalue weighted by molar-refractivity contribution is -0.130. The summed E-state index contributed by atoms with van der Waals surface area (Å²) >= 11 is 1.39. The van der Waals surface area contributed by atoms with E-state index in [1.165, 1.54) is 11.8 Å². The van der Waals surface area contributed by atoms with Crippen LogP contribution in [0.4, 0.5) is 0 Å². The molecule has 25 heavy (non-hydrogen) atoms. The predicted octanol–water partition coefficient (Wildman–Crippen LogP) is 2.06. The first-order valence-electron chi connectivity index (χ1n) is 8.14. The molecule has 1 saturated heterocycles. The van der Waals surface area contributed by atoms with Crippen LogP contribution in [0.2, 0.25) is 0 Å². The summed E-state index contributed by atoms with van der Waals surface area (Å²) in [7, 11) is -1.33. The lowest BCUT2D eigenvalue weighted by atomic mass is 10.2. The number of rotatable bonds is 4. The molecule has 1 aromatic heterocycles. The third-order valence-corrected chi connectivity index (χ3v) is 7.26. The molecule has 0 aliphatic carbocycles. The molecule has 1 aromatic carbocycles. The smallest absolute Gasteiger partial charge is 0.235 e. The third-order valence-electron chi connectivity index (χ3n) is 4.42. The van der Waals surface area contributed by atoms with Crippen LogP contribution in [0.5, 0.6) is 0 Å². The van der Waals surface area contributed by atoms with Gasteiger partial charge in [0.15, 0.2) is 9.84 Å². The first kappa shape index (κ1) is 18.1. The second kappa shape index (κ2) is 6.92. The number of aromatic nitrogens is 2. The minimum absolute atomic E-state index is 0.0577. The van der Waals surface area contributed by atoms with Gasteiger partial charge in [-0.15, -0.1) is 0 Å². The maximum atomic E-state index is 12.7. The van der Waals surface area contributed by atoms with Crippen LogP contribution in [-0.2, 0) is 14.6 Å². The van der Waals surface area contributed by atoms with Crippen molar-refractivity contribution < 1.29 is 13.2 Å². The Morgan fingerprint density at radius 2 is 2.04 bits per heavy atom. The Morgan fingerprint density at radius 1 is 1.32 bits per heavy atom. The molecular weight excluding hydrogens is 358 g/mol. The van der Waals surface area contributed by atoms with Crippen LogP contribution in [0.25, 0.3) is 10.9 Å². The maximum Gasteiger partial charge on any atom is 0.235 e. The van der Waals surface area contributed by atoms with Crippen LogP contribution in [0.3, 0.4) is 0 Å². The van der Waals surface area contributed by atoms with Crippen molar-refractivity contribution in [3.05, 3.63) is 30.1 Å². The minimum atomic E-state index is -3.01. The molecule has 0 saturated carbocycles. The van der Waals surface area contributed by atoms with Crippen molar-refractivity contribution in [2.45, 2.75) is 36.6 Å². The summed E-state index contributed by atoms with van der Waals surface area (Å²) in [4.78, 5) is 23.2. The van der Waals surface area contributed by atoms with Crippen molar-refractivity contribution in [1.82, 2.24) is 14.9 Å². The van der Waals surface area contributed by atoms with Gasteiger partial charge in [-0.25, -0.2) is 18.4 Å². The molecule has 0 bridgehead atoms. The zero-order valence-corrected chi connectivity index (χ0v) is 16.1. The van der Waals surface area contributed by atoms with Crippen molar-refractivity contribution in [2.24, 2.45) is 0 Å². The molecule has 0 radical (unpaired) electrons. The highest BCUT2D eigenvalue weighted by Crippen LogP contribution is 2.30. The van der Waals surface area contributed by atoms with Gasteiger partial charge in [0.25, 0.3) is 0 Å². The number of aryl methyl sites for hydroxylation is 1. The normalized spacial score (nSPS) is 20.5. The molecule has 2 aromatic rings. The summed E-state index contributed by atoms with van der Waals surface area (Å²) in [6, 6.07) is 7.49. The quantitative estimate of drug-likeness (QED) is 0.598. The third kappa shape index (κ3) is 3.95. The summed E-state index contributed by atoms with van der Waals surface area (Å²) < 4.78 is 23.3. The largest absolute Gasteiger partial charge is 0.341 e. The van der Waals surface area contributed by atoms with Crippen molar-refractivity contribution in [2.75, 3.05) is 18.6 Å². The van der Waals surface area contributed by atoms with Gasteiger partial charge in [-0.2, -0.15) is 0 Å². The van der Waals surface area contributed by atoms with E-state index in [9.17, 15) is 13.2 Å². The van der Waals surface area contributed by atoms with Crippen molar-refractivity contribution >= 4 is 38.4 Å². The standard InChI is InChI=1S/C17H21N3O3S2/c1-11(17(21)20(3)13-8-9-25(22,23)10-13)24-16-14-6-4-5-7-15(14)18-12(2)19-16/h4-7,11,13H,8-10H2,1-3H3/t11-,13+/m1/s1. The SMILES string of the molecule is Cc1nc(S[C@H](C)C(=O)N(C)[C@H]2CCS(=O)(=O)C2)c2ccccc2n1. The fourth-order valence-corrected chi connectivity index (χ4v) is 5.87. The predicted molar refractivity (Wildman–Crippen MR) is 99.4 cm³/mol. The molecule has 1 aliphatic rings. The first-order valence-corrected chi connectivity index (χ1v) is 10.8. The van der Waals surface area contributed by atoms with E-state index in [2.05, 4.69) is 9.97 Å². The number of carbonyl (C=O) groups is 1. The number of fused-ring (bicyclic) bond motifs is 1. The maximum absolute atomic E-state index is 12.7. The topological polar surface area (TPSA) is 80.2 Å². The summed E-state index contributed by atoms with van der Waals surface area (Å²) in [5.74, 6) is 0.804. The molecule has 1 fully saturated rings. The highest BCUT2D eigenvalue weighted by Gasteiger charge is 2.34. The second-order valence-electron chi connectivity index (χ2n) is 6.36. The fraction of sp³-hybridized carbons (Fsp3) is 0.471. The summed E-state index contributed by atoms with van der Waals surface area (Å²) in [5, 5.41) is 1.34. The average molecular weight is 380 g/mol. The van der Waals surface area contributed by atoms with Gasteiger partial charge < -0.3 is 4.90 Å². The molecule has 0 N–H and O–H groups in total. The Balaban J connectivity index is 1.78. The number of carbonyl (C=O) groups excluding carboxylic acids is 1. The van der Waals surface area contributed by atoms with Crippen molar-refractivity contribution in [3.63, 3.8) is 0 Å². The number of nitrogens with zero attached hydrogens (tertiary/aromatic N) is 3. The summed E-state index contributed by atoms with van der Waals surface area (Å²) in [5.41, 5.74) is 0.854. The molecule has 2 atom stereocenters. The molecule has 0 unspecified atom stereocenters. The van der Waals surface area contributed by atoms with E-state index in [0.29, 0.717) is 12.2 Å². The van der Waals surface area contributed by atoms with Gasteiger partial charge in [0.1, 0.15) is 10.9 Å². The lowest BCUT2D eigenvalue weighted by Gasteiger charge is -2.26. The molecule has 1 aliphatic heterocycles. The molecule has 0 spiro atoms. The van der Waals surface area contributed by atoms with Crippen molar-refractivity contribution in [3.8, 4) is 0 Å². The van der Waals surface area contributed by atoms with Crippen LogP contribution in [0.15, 0.2) is 29.3 Å². The van der Waals surface area contributed by atoms with E-state index in [1.807, 2.05) is 38.1 Å². The minimum Gasteiger partial charge on any atom is -0.341 e. The van der Waals surface area contributed by atoms with Gasteiger partial charge in [0.2, 0.25) is 5.91 Å². The van der Waals surface area contributed by atoms with Gasteiger partial charge in [-0.3, -0.25) is 4.79 Å². The number of thioether (sulfide) groups is 1. The molecule has 6 nitrogen and oxygen atoms in total. The van der Waals surface area contributed by atoms with E-state index in [-0.39, 0.29) is 28.7 Å². The van der Waals surface area contributed by atoms with E-state index >= 15 is 0 Å². The zero-order chi connectivity index (χ0) is 18.2. The highest BCUT2D eigenvalue weighted by molar-refractivity contribution is 8.00. The van der Waals surface area contributed by atoms with Crippen LogP contribution in [0.1, 0.15) is 19.2 Å². The lowest BCUT2D eigenvalue weighted by Crippen LogP contribution is -2.41. The van der Waals surface area contributed by atoms with Gasteiger partial charge in [-0.05, 0) is 26.3 Å². The Hall–Kier alpha value is -1.67. The number of hydrogen-bond donors (Lipinski definition) is 0. The van der Waals surface area contributed by atoms with E-state index in [1.54, 1.807) is 11.9 Å². The summed E-state index contributed by atoms with van der Waals surface area (Å²) in [6.07, 6.45) is 0.511. The van der Waals surface area contributed by atoms with E-state index in [4.69, 9.17) is 0 Å². The monoisotopic (exact) mass is 379 g/mol. The van der Waals surface area contributed by atoms with Crippen LogP contribution < -0.4 is 0 Å². The molecule has 3 rings (SSSR count). The van der Waals surface area contributed by atoms with Gasteiger partial charge in [0, 0.05) is 18.5 Å². The molecule has 8 heteroatoms. The highest BCUT2D eigenvalue weighted by atomic mass is 32.2. The van der Waals surface area contributed by atoms with Crippen LogP contribution in [-0.4, -0.2) is 59.0 Å². The number of benzene rings is 1. The Labute approximate surface area is 152 Å². The zero-order valence-electron chi connectivity index (χ0n) is 14.5. The number of hydrogen-bond acceptors (Lipinski definition) is 6. The Morgan fingerprint density at radius 3 is 2.72 bits per heavy atom.